The summed E-state index contributed by atoms with van der Waals surface area (Å²) in [6, 6.07) is 0. The van der Waals surface area contributed by atoms with Crippen molar-refractivity contribution in [3.05, 3.63) is 36.0 Å². The number of rotatable bonds is 1. The van der Waals surface area contributed by atoms with Crippen molar-refractivity contribution < 1.29 is 4.52 Å². The molecule has 0 N–H and O–H groups in total. The monoisotopic (exact) mass is 167 g/mol. The molecule has 1 aliphatic rings. The second-order valence-electron chi connectivity index (χ2n) is 2.11. The molecule has 0 saturated carbocycles. The lowest BCUT2D eigenvalue weighted by molar-refractivity contribution is 0.408. The predicted octanol–water partition coefficient (Wildman–Crippen LogP) is 1.73. The Morgan fingerprint density at radius 1 is 1.55 bits per heavy atom. The Morgan fingerprint density at radius 2 is 2.45 bits per heavy atom. The molecule has 0 aliphatic carbocycles. The summed E-state index contributed by atoms with van der Waals surface area (Å²) in [5.74, 6) is 0.594. The molecule has 0 fully saturated rings. The SMILES string of the molecule is [CH2][SH]1C=CC=C1c1ncno1. The third kappa shape index (κ3) is 1.09. The molecule has 1 aromatic rings. The first-order valence-corrected chi connectivity index (χ1v) is 4.73. The van der Waals surface area contributed by atoms with Crippen LogP contribution < -0.4 is 0 Å². The first-order chi connectivity index (χ1) is 5.38. The van der Waals surface area contributed by atoms with Crippen LogP contribution >= 0.6 is 10.9 Å². The van der Waals surface area contributed by atoms with Crippen LogP contribution in [-0.4, -0.2) is 10.1 Å². The quantitative estimate of drug-likeness (QED) is 0.647. The third-order valence-electron chi connectivity index (χ3n) is 1.41. The molecule has 2 heterocycles. The zero-order chi connectivity index (χ0) is 7.68. The maximum absolute atomic E-state index is 4.89. The van der Waals surface area contributed by atoms with Crippen molar-refractivity contribution in [3.8, 4) is 0 Å². The van der Waals surface area contributed by atoms with Crippen molar-refractivity contribution in [2.24, 2.45) is 0 Å². The van der Waals surface area contributed by atoms with Crippen molar-refractivity contribution >= 4 is 15.8 Å². The van der Waals surface area contributed by atoms with Gasteiger partial charge in [0, 0.05) is 0 Å². The summed E-state index contributed by atoms with van der Waals surface area (Å²) < 4.78 is 4.89. The largest absolute Gasteiger partial charge is 0.334 e. The number of aromatic nitrogens is 2. The third-order valence-corrected chi connectivity index (χ3v) is 2.90. The number of allylic oxidation sites excluding steroid dienone is 2. The van der Waals surface area contributed by atoms with Crippen LogP contribution in [0.1, 0.15) is 5.89 Å². The van der Waals surface area contributed by atoms with E-state index in [0.717, 1.165) is 4.91 Å². The van der Waals surface area contributed by atoms with Crippen molar-refractivity contribution in [2.45, 2.75) is 0 Å². The molecule has 1 atom stereocenters. The summed E-state index contributed by atoms with van der Waals surface area (Å²) in [5.41, 5.74) is 0. The molecule has 1 radical (unpaired) electrons. The van der Waals surface area contributed by atoms with Crippen LogP contribution in [0, 0.1) is 6.26 Å². The molecule has 0 bridgehead atoms. The second kappa shape index (κ2) is 2.54. The fourth-order valence-electron chi connectivity index (χ4n) is 0.894. The highest BCUT2D eigenvalue weighted by Crippen LogP contribution is 2.44. The van der Waals surface area contributed by atoms with Crippen molar-refractivity contribution in [1.82, 2.24) is 10.1 Å². The van der Waals surface area contributed by atoms with Gasteiger partial charge in [0.25, 0.3) is 5.89 Å². The molecule has 0 saturated heterocycles. The minimum atomic E-state index is -0.445. The molecule has 11 heavy (non-hydrogen) atoms. The number of hydrogen-bond acceptors (Lipinski definition) is 3. The van der Waals surface area contributed by atoms with Gasteiger partial charge in [-0.05, 0) is 17.7 Å². The van der Waals surface area contributed by atoms with E-state index in [1.807, 2.05) is 12.2 Å². The van der Waals surface area contributed by atoms with E-state index < -0.39 is 10.9 Å². The van der Waals surface area contributed by atoms with Crippen LogP contribution in [0.4, 0.5) is 0 Å². The number of thiol groups is 1. The molecular weight excluding hydrogens is 160 g/mol. The molecule has 0 spiro atoms. The average molecular weight is 167 g/mol. The minimum absolute atomic E-state index is 0.445. The van der Waals surface area contributed by atoms with Crippen LogP contribution in [0.15, 0.2) is 28.4 Å². The minimum Gasteiger partial charge on any atom is -0.334 e. The summed E-state index contributed by atoms with van der Waals surface area (Å²) >= 11 is 0. The van der Waals surface area contributed by atoms with Crippen LogP contribution in [-0.2, 0) is 0 Å². The molecule has 3 nitrogen and oxygen atoms in total. The highest BCUT2D eigenvalue weighted by atomic mass is 32.2. The first kappa shape index (κ1) is 6.67. The molecule has 1 unspecified atom stereocenters. The molecule has 1 aromatic heterocycles. The van der Waals surface area contributed by atoms with Crippen LogP contribution in [0.25, 0.3) is 4.91 Å². The fourth-order valence-corrected chi connectivity index (χ4v) is 1.97. The lowest BCUT2D eigenvalue weighted by atomic mass is 10.5. The summed E-state index contributed by atoms with van der Waals surface area (Å²) in [4.78, 5) is 4.99. The van der Waals surface area contributed by atoms with Crippen LogP contribution in [0.5, 0.6) is 0 Å². The van der Waals surface area contributed by atoms with E-state index >= 15 is 0 Å². The molecule has 0 amide bonds. The first-order valence-electron chi connectivity index (χ1n) is 3.13. The summed E-state index contributed by atoms with van der Waals surface area (Å²) in [7, 11) is -0.445. The highest BCUT2D eigenvalue weighted by Gasteiger charge is 2.12. The van der Waals surface area contributed by atoms with Crippen molar-refractivity contribution in [1.29, 1.82) is 0 Å². The molecule has 57 valence electrons. The van der Waals surface area contributed by atoms with Crippen molar-refractivity contribution in [2.75, 3.05) is 0 Å². The van der Waals surface area contributed by atoms with Gasteiger partial charge in [-0.1, -0.05) is 11.2 Å². The zero-order valence-electron chi connectivity index (χ0n) is 5.77. The molecule has 0 aromatic carbocycles. The second-order valence-corrected chi connectivity index (χ2v) is 3.83. The highest BCUT2D eigenvalue weighted by molar-refractivity contribution is 8.28. The van der Waals surface area contributed by atoms with Gasteiger partial charge in [0.05, 0.1) is 4.91 Å². The zero-order valence-corrected chi connectivity index (χ0v) is 6.66. The van der Waals surface area contributed by atoms with E-state index in [1.165, 1.54) is 6.33 Å². The van der Waals surface area contributed by atoms with Gasteiger partial charge in [0.15, 0.2) is 6.33 Å². The van der Waals surface area contributed by atoms with Gasteiger partial charge >= 0.3 is 0 Å². The van der Waals surface area contributed by atoms with E-state index in [2.05, 4.69) is 21.8 Å². The van der Waals surface area contributed by atoms with E-state index in [9.17, 15) is 0 Å². The van der Waals surface area contributed by atoms with Gasteiger partial charge in [-0.3, -0.25) is 0 Å². The topological polar surface area (TPSA) is 38.9 Å². The Labute approximate surface area is 67.1 Å². The van der Waals surface area contributed by atoms with Gasteiger partial charge < -0.3 is 4.52 Å². The molecule has 4 heteroatoms. The Bertz CT molecular complexity index is 302. The normalized spacial score (nSPS) is 25.5. The number of hydrogen-bond donors (Lipinski definition) is 1. The molecule has 2 rings (SSSR count). The summed E-state index contributed by atoms with van der Waals surface area (Å²) in [6.07, 6.45) is 9.29. The maximum atomic E-state index is 4.89. The van der Waals surface area contributed by atoms with Gasteiger partial charge in [-0.15, -0.1) is 0 Å². The lowest BCUT2D eigenvalue weighted by Gasteiger charge is -2.05. The maximum Gasteiger partial charge on any atom is 0.262 e. The Morgan fingerprint density at radius 3 is 3.00 bits per heavy atom. The Kier molecular flexibility index (Phi) is 1.54. The Hall–Kier alpha value is -1.03. The lowest BCUT2D eigenvalue weighted by Crippen LogP contribution is -1.78. The van der Waals surface area contributed by atoms with E-state index in [1.54, 1.807) is 0 Å². The summed E-state index contributed by atoms with van der Waals surface area (Å²) in [6.45, 7) is 0. The van der Waals surface area contributed by atoms with Gasteiger partial charge in [-0.25, -0.2) is 10.9 Å². The average Bonchev–Trinajstić information content (AvgIpc) is 2.55. The van der Waals surface area contributed by atoms with Gasteiger partial charge in [-0.2, -0.15) is 4.98 Å². The number of nitrogens with zero attached hydrogens (tertiary/aromatic N) is 2. The Balaban J connectivity index is 2.33. The molecular formula is C7H7N2OS. The predicted molar refractivity (Wildman–Crippen MR) is 45.8 cm³/mol. The standard InChI is InChI=1S/C7H7N2OS/c1-11-4-2-3-6(11)7-8-5-9-10-7/h2-5,11H,1H2. The van der Waals surface area contributed by atoms with E-state index in [0.29, 0.717) is 5.89 Å². The smallest absolute Gasteiger partial charge is 0.262 e. The van der Waals surface area contributed by atoms with E-state index in [-0.39, 0.29) is 0 Å². The molecule has 1 aliphatic heterocycles. The van der Waals surface area contributed by atoms with Gasteiger partial charge in [0.2, 0.25) is 0 Å². The summed E-state index contributed by atoms with van der Waals surface area (Å²) in [5, 5.41) is 5.58. The fraction of sp³-hybridized carbons (Fsp3) is 0. The van der Waals surface area contributed by atoms with E-state index in [4.69, 9.17) is 4.52 Å². The van der Waals surface area contributed by atoms with Crippen LogP contribution in [0.2, 0.25) is 0 Å². The van der Waals surface area contributed by atoms with Crippen molar-refractivity contribution in [3.63, 3.8) is 0 Å². The van der Waals surface area contributed by atoms with Crippen LogP contribution in [0.3, 0.4) is 0 Å². The van der Waals surface area contributed by atoms with Gasteiger partial charge in [0.1, 0.15) is 0 Å².